The van der Waals surface area contributed by atoms with Crippen LogP contribution in [0.4, 0.5) is 0 Å². The summed E-state index contributed by atoms with van der Waals surface area (Å²) in [6.45, 7) is 2.00. The van der Waals surface area contributed by atoms with Gasteiger partial charge in [-0.2, -0.15) is 0 Å². The van der Waals surface area contributed by atoms with E-state index in [0.29, 0.717) is 21.9 Å². The van der Waals surface area contributed by atoms with Crippen molar-refractivity contribution >= 4 is 44.3 Å². The molecule has 0 spiro atoms. The van der Waals surface area contributed by atoms with E-state index in [0.717, 1.165) is 15.4 Å². The van der Waals surface area contributed by atoms with Crippen LogP contribution in [0.15, 0.2) is 51.4 Å². The SMILES string of the molecule is Cc1ccc2oc(C(=O)c3cc(Br)ccc3Cl)cc2c1. The molecular weight excluding hydrogens is 340 g/mol. The summed E-state index contributed by atoms with van der Waals surface area (Å²) in [5, 5.41) is 1.33. The van der Waals surface area contributed by atoms with E-state index in [4.69, 9.17) is 16.0 Å². The Labute approximate surface area is 129 Å². The van der Waals surface area contributed by atoms with Gasteiger partial charge >= 0.3 is 0 Å². The summed E-state index contributed by atoms with van der Waals surface area (Å²) in [5.74, 6) is 0.0794. The molecule has 0 fully saturated rings. The van der Waals surface area contributed by atoms with Crippen LogP contribution >= 0.6 is 27.5 Å². The molecule has 100 valence electrons. The van der Waals surface area contributed by atoms with E-state index in [-0.39, 0.29) is 5.78 Å². The lowest BCUT2D eigenvalue weighted by Crippen LogP contribution is -2.00. The van der Waals surface area contributed by atoms with E-state index in [1.807, 2.05) is 25.1 Å². The number of carbonyl (C=O) groups is 1. The third-order valence-corrected chi connectivity index (χ3v) is 3.89. The molecule has 0 bridgehead atoms. The molecule has 0 N–H and O–H groups in total. The average molecular weight is 350 g/mol. The summed E-state index contributed by atoms with van der Waals surface area (Å²) in [4.78, 5) is 12.5. The zero-order chi connectivity index (χ0) is 14.3. The van der Waals surface area contributed by atoms with Crippen molar-refractivity contribution in [3.63, 3.8) is 0 Å². The molecule has 0 amide bonds. The Morgan fingerprint density at radius 2 is 1.95 bits per heavy atom. The van der Waals surface area contributed by atoms with Gasteiger partial charge < -0.3 is 4.42 Å². The number of halogens is 2. The van der Waals surface area contributed by atoms with Gasteiger partial charge in [0.2, 0.25) is 5.78 Å². The minimum atomic E-state index is -0.217. The van der Waals surface area contributed by atoms with Crippen LogP contribution in [0.2, 0.25) is 5.02 Å². The molecule has 0 aliphatic rings. The van der Waals surface area contributed by atoms with Crippen molar-refractivity contribution in [2.24, 2.45) is 0 Å². The molecule has 4 heteroatoms. The number of hydrogen-bond acceptors (Lipinski definition) is 2. The molecule has 1 aromatic heterocycles. The quantitative estimate of drug-likeness (QED) is 0.581. The first-order chi connectivity index (χ1) is 9.54. The molecule has 2 aromatic carbocycles. The second-order valence-electron chi connectivity index (χ2n) is 4.61. The molecule has 3 rings (SSSR count). The number of hydrogen-bond donors (Lipinski definition) is 0. The third kappa shape index (κ3) is 2.39. The Morgan fingerprint density at radius 3 is 2.75 bits per heavy atom. The van der Waals surface area contributed by atoms with Crippen molar-refractivity contribution in [1.29, 1.82) is 0 Å². The number of aryl methyl sites for hydroxylation is 1. The molecule has 0 atom stereocenters. The Kier molecular flexibility index (Phi) is 3.40. The summed E-state index contributed by atoms with van der Waals surface area (Å²) in [6.07, 6.45) is 0. The Morgan fingerprint density at radius 1 is 1.15 bits per heavy atom. The van der Waals surface area contributed by atoms with Crippen LogP contribution in [0.5, 0.6) is 0 Å². The summed E-state index contributed by atoms with van der Waals surface area (Å²) in [5.41, 5.74) is 2.25. The largest absolute Gasteiger partial charge is 0.453 e. The van der Waals surface area contributed by atoms with Crippen molar-refractivity contribution in [2.45, 2.75) is 6.92 Å². The topological polar surface area (TPSA) is 30.2 Å². The maximum Gasteiger partial charge on any atom is 0.229 e. The van der Waals surface area contributed by atoms with E-state index in [2.05, 4.69) is 15.9 Å². The summed E-state index contributed by atoms with van der Waals surface area (Å²) in [7, 11) is 0. The minimum absolute atomic E-state index is 0.217. The molecule has 0 aliphatic heterocycles. The second-order valence-corrected chi connectivity index (χ2v) is 5.93. The van der Waals surface area contributed by atoms with Gasteiger partial charge in [-0.25, -0.2) is 0 Å². The average Bonchev–Trinajstić information content (AvgIpc) is 2.83. The maximum atomic E-state index is 12.5. The molecule has 0 saturated heterocycles. The molecular formula is C16H10BrClO2. The van der Waals surface area contributed by atoms with Crippen LogP contribution in [-0.2, 0) is 0 Å². The highest BCUT2D eigenvalue weighted by Gasteiger charge is 2.17. The van der Waals surface area contributed by atoms with Gasteiger partial charge in [-0.3, -0.25) is 4.79 Å². The molecule has 0 aliphatic carbocycles. The molecule has 0 unspecified atom stereocenters. The van der Waals surface area contributed by atoms with E-state index in [9.17, 15) is 4.79 Å². The van der Waals surface area contributed by atoms with Gasteiger partial charge in [-0.1, -0.05) is 39.2 Å². The predicted octanol–water partition coefficient (Wildman–Crippen LogP) is 5.39. The molecule has 2 nitrogen and oxygen atoms in total. The first kappa shape index (κ1) is 13.4. The van der Waals surface area contributed by atoms with Gasteiger partial charge in [0.05, 0.1) is 5.02 Å². The maximum absolute atomic E-state index is 12.5. The van der Waals surface area contributed by atoms with Crippen molar-refractivity contribution in [1.82, 2.24) is 0 Å². The number of carbonyl (C=O) groups excluding carboxylic acids is 1. The number of fused-ring (bicyclic) bond motifs is 1. The highest BCUT2D eigenvalue weighted by Crippen LogP contribution is 2.27. The van der Waals surface area contributed by atoms with Gasteiger partial charge in [-0.05, 0) is 43.3 Å². The van der Waals surface area contributed by atoms with E-state index in [1.165, 1.54) is 0 Å². The first-order valence-corrected chi connectivity index (χ1v) is 7.21. The van der Waals surface area contributed by atoms with Crippen LogP contribution < -0.4 is 0 Å². The standard InChI is InChI=1S/C16H10BrClO2/c1-9-2-5-14-10(6-9)7-15(20-14)16(19)12-8-11(17)3-4-13(12)18/h2-8H,1H3. The van der Waals surface area contributed by atoms with Crippen molar-refractivity contribution in [3.05, 3.63) is 68.8 Å². The zero-order valence-corrected chi connectivity index (χ0v) is 13.0. The lowest BCUT2D eigenvalue weighted by Gasteiger charge is -2.01. The highest BCUT2D eigenvalue weighted by molar-refractivity contribution is 9.10. The Hall–Kier alpha value is -1.58. The fourth-order valence-corrected chi connectivity index (χ4v) is 2.64. The van der Waals surface area contributed by atoms with Crippen LogP contribution in [0, 0.1) is 6.92 Å². The smallest absolute Gasteiger partial charge is 0.229 e. The number of furan rings is 1. The fourth-order valence-electron chi connectivity index (χ4n) is 2.08. The first-order valence-electron chi connectivity index (χ1n) is 6.04. The minimum Gasteiger partial charge on any atom is -0.453 e. The van der Waals surface area contributed by atoms with Crippen LogP contribution in [0.3, 0.4) is 0 Å². The number of benzene rings is 2. The van der Waals surface area contributed by atoms with Gasteiger partial charge in [0, 0.05) is 15.4 Å². The third-order valence-electron chi connectivity index (χ3n) is 3.07. The molecule has 3 aromatic rings. The van der Waals surface area contributed by atoms with Crippen LogP contribution in [0.1, 0.15) is 21.7 Å². The van der Waals surface area contributed by atoms with Crippen LogP contribution in [0.25, 0.3) is 11.0 Å². The molecule has 20 heavy (non-hydrogen) atoms. The number of rotatable bonds is 2. The van der Waals surface area contributed by atoms with E-state index in [1.54, 1.807) is 24.3 Å². The van der Waals surface area contributed by atoms with Crippen LogP contribution in [-0.4, -0.2) is 5.78 Å². The summed E-state index contributed by atoms with van der Waals surface area (Å²) in [6, 6.07) is 12.7. The normalized spacial score (nSPS) is 10.9. The number of ketones is 1. The van der Waals surface area contributed by atoms with Crippen molar-refractivity contribution in [2.75, 3.05) is 0 Å². The lowest BCUT2D eigenvalue weighted by molar-refractivity contribution is 0.101. The van der Waals surface area contributed by atoms with Gasteiger partial charge in [0.15, 0.2) is 5.76 Å². The van der Waals surface area contributed by atoms with Gasteiger partial charge in [0.1, 0.15) is 5.58 Å². The summed E-state index contributed by atoms with van der Waals surface area (Å²) < 4.78 is 6.41. The van der Waals surface area contributed by atoms with Crippen molar-refractivity contribution in [3.8, 4) is 0 Å². The molecule has 0 saturated carbocycles. The lowest BCUT2D eigenvalue weighted by atomic mass is 10.1. The predicted molar refractivity (Wildman–Crippen MR) is 83.5 cm³/mol. The Bertz CT molecular complexity index is 820. The van der Waals surface area contributed by atoms with E-state index >= 15 is 0 Å². The van der Waals surface area contributed by atoms with E-state index < -0.39 is 0 Å². The monoisotopic (exact) mass is 348 g/mol. The van der Waals surface area contributed by atoms with Gasteiger partial charge in [0.25, 0.3) is 0 Å². The van der Waals surface area contributed by atoms with Gasteiger partial charge in [-0.15, -0.1) is 0 Å². The summed E-state index contributed by atoms with van der Waals surface area (Å²) >= 11 is 9.42. The fraction of sp³-hybridized carbons (Fsp3) is 0.0625. The second kappa shape index (κ2) is 5.08. The van der Waals surface area contributed by atoms with Crippen molar-refractivity contribution < 1.29 is 9.21 Å². The molecule has 1 heterocycles. The zero-order valence-electron chi connectivity index (χ0n) is 10.6. The highest BCUT2D eigenvalue weighted by atomic mass is 79.9. The molecule has 0 radical (unpaired) electrons. The Balaban J connectivity index is 2.10.